The minimum Gasteiger partial charge on any atom is -0.439 e. The Morgan fingerprint density at radius 3 is 2.23 bits per heavy atom. The van der Waals surface area contributed by atoms with Crippen molar-refractivity contribution >= 4 is 16.6 Å². The predicted octanol–water partition coefficient (Wildman–Crippen LogP) is 5.24. The van der Waals surface area contributed by atoms with E-state index in [0.717, 1.165) is 40.2 Å². The minimum atomic E-state index is 0.683. The van der Waals surface area contributed by atoms with E-state index in [1.807, 2.05) is 50.7 Å². The summed E-state index contributed by atoms with van der Waals surface area (Å²) >= 11 is 0. The van der Waals surface area contributed by atoms with Crippen LogP contribution in [0.1, 0.15) is 42.5 Å². The van der Waals surface area contributed by atoms with E-state index < -0.39 is 0 Å². The summed E-state index contributed by atoms with van der Waals surface area (Å²) in [7, 11) is 2.09. The van der Waals surface area contributed by atoms with Crippen LogP contribution in [0.4, 0.5) is 0 Å². The molecule has 7 nitrogen and oxygen atoms in total. The summed E-state index contributed by atoms with van der Waals surface area (Å²) < 4.78 is 12.2. The number of hydrogen-bond donors (Lipinski definition) is 0. The van der Waals surface area contributed by atoms with Gasteiger partial charge in [-0.2, -0.15) is 14.7 Å². The zero-order chi connectivity index (χ0) is 21.7. The minimum absolute atomic E-state index is 0.683. The van der Waals surface area contributed by atoms with Gasteiger partial charge in [-0.05, 0) is 46.2 Å². The summed E-state index contributed by atoms with van der Waals surface area (Å²) in [5.41, 5.74) is 6.85. The van der Waals surface area contributed by atoms with E-state index in [1.54, 1.807) is 0 Å². The van der Waals surface area contributed by atoms with Crippen LogP contribution >= 0.6 is 0 Å². The monoisotopic (exact) mass is 404 g/mol. The van der Waals surface area contributed by atoms with Gasteiger partial charge in [-0.3, -0.25) is 0 Å². The van der Waals surface area contributed by atoms with E-state index in [9.17, 15) is 0 Å². The fraction of sp³-hybridized carbons (Fsp3) is 0.348. The van der Waals surface area contributed by atoms with Crippen LogP contribution in [0.2, 0.25) is 0 Å². The van der Waals surface area contributed by atoms with Crippen molar-refractivity contribution in [1.82, 2.24) is 28.9 Å². The molecule has 4 aromatic heterocycles. The Morgan fingerprint density at radius 2 is 1.60 bits per heavy atom. The number of para-hydroxylation sites is 1. The summed E-state index contributed by atoms with van der Waals surface area (Å²) in [6.07, 6.45) is 0. The van der Waals surface area contributed by atoms with E-state index in [-0.39, 0.29) is 0 Å². The largest absolute Gasteiger partial charge is 0.439 e. The number of aromatic nitrogens is 6. The molecule has 0 radical (unpaired) electrons. The molecule has 5 aromatic rings. The molecule has 0 aliphatic heterocycles. The van der Waals surface area contributed by atoms with Crippen molar-refractivity contribution in [2.24, 2.45) is 7.05 Å². The topological polar surface area (TPSA) is 66.1 Å². The Morgan fingerprint density at radius 1 is 0.900 bits per heavy atom. The highest BCUT2D eigenvalue weighted by atomic mass is 16.4. The molecule has 0 saturated carbocycles. The third-order valence-corrected chi connectivity index (χ3v) is 5.45. The van der Waals surface area contributed by atoms with E-state index in [1.165, 1.54) is 16.5 Å². The lowest BCUT2D eigenvalue weighted by atomic mass is 10.1. The van der Waals surface area contributed by atoms with Crippen molar-refractivity contribution in [2.75, 3.05) is 0 Å². The summed E-state index contributed by atoms with van der Waals surface area (Å²) in [5.74, 6) is 2.36. The second-order valence-electron chi connectivity index (χ2n) is 7.33. The highest BCUT2D eigenvalue weighted by molar-refractivity contribution is 5.91. The molecule has 156 valence electrons. The van der Waals surface area contributed by atoms with Crippen LogP contribution in [-0.2, 0) is 7.05 Å². The van der Waals surface area contributed by atoms with Crippen LogP contribution < -0.4 is 0 Å². The van der Waals surface area contributed by atoms with Crippen molar-refractivity contribution in [2.45, 2.75) is 48.5 Å². The summed E-state index contributed by atoms with van der Waals surface area (Å²) in [4.78, 5) is 4.43. The van der Waals surface area contributed by atoms with Crippen molar-refractivity contribution in [1.29, 1.82) is 0 Å². The average Bonchev–Trinajstić information content (AvgIpc) is 3.39. The number of rotatable bonds is 2. The van der Waals surface area contributed by atoms with E-state index >= 15 is 0 Å². The maximum Gasteiger partial charge on any atom is 0.249 e. The van der Waals surface area contributed by atoms with Crippen LogP contribution in [0, 0.1) is 34.6 Å². The summed E-state index contributed by atoms with van der Waals surface area (Å²) in [5, 5.41) is 10.6. The van der Waals surface area contributed by atoms with Gasteiger partial charge in [-0.15, -0.1) is 0 Å². The van der Waals surface area contributed by atoms with Crippen LogP contribution in [0.25, 0.3) is 33.7 Å². The van der Waals surface area contributed by atoms with Gasteiger partial charge < -0.3 is 8.98 Å². The third kappa shape index (κ3) is 2.69. The molecule has 7 heteroatoms. The SMILES string of the molecule is CC.Cc1nc(C)n(-c2c(C)nn3c(-c4c(C)c5ccccc5n4C)c(C)oc23)n1. The Balaban J connectivity index is 0.00000106. The standard InChI is InChI=1S/C21H22N6O.C2H6/c1-11-16-9-7-8-10-17(16)25(6)18(11)20-13(3)28-21-19(12(2)23-27(20)21)26-15(5)22-14(4)24-26;1-2/h7-10H,1-6H3;1-2H3. The molecule has 0 N–H and O–H groups in total. The van der Waals surface area contributed by atoms with Crippen LogP contribution in [-0.4, -0.2) is 28.9 Å². The van der Waals surface area contributed by atoms with Crippen LogP contribution in [0.5, 0.6) is 0 Å². The molecule has 0 atom stereocenters. The zero-order valence-corrected chi connectivity index (χ0v) is 18.9. The normalized spacial score (nSPS) is 11.3. The molecule has 0 fully saturated rings. The number of fused-ring (bicyclic) bond motifs is 2. The van der Waals surface area contributed by atoms with Gasteiger partial charge in [0, 0.05) is 18.0 Å². The first kappa shape index (κ1) is 19.9. The molecule has 5 rings (SSSR count). The molecule has 30 heavy (non-hydrogen) atoms. The number of oxazole rings is 1. The second kappa shape index (κ2) is 7.16. The van der Waals surface area contributed by atoms with E-state index in [0.29, 0.717) is 5.71 Å². The number of hydrogen-bond acceptors (Lipinski definition) is 4. The van der Waals surface area contributed by atoms with E-state index in [4.69, 9.17) is 9.52 Å². The Bertz CT molecular complexity index is 1340. The lowest BCUT2D eigenvalue weighted by molar-refractivity contribution is 0.568. The van der Waals surface area contributed by atoms with Gasteiger partial charge in [-0.1, -0.05) is 32.0 Å². The molecular formula is C23H28N6O. The highest BCUT2D eigenvalue weighted by Gasteiger charge is 2.26. The molecule has 0 bridgehead atoms. The molecule has 1 aromatic carbocycles. The summed E-state index contributed by atoms with van der Waals surface area (Å²) in [6.45, 7) is 13.9. The fourth-order valence-electron chi connectivity index (χ4n) is 4.25. The Labute approximate surface area is 175 Å². The second-order valence-corrected chi connectivity index (χ2v) is 7.33. The maximum absolute atomic E-state index is 6.23. The number of nitrogens with zero attached hydrogens (tertiary/aromatic N) is 6. The molecule has 0 aliphatic carbocycles. The Hall–Kier alpha value is -3.35. The first-order chi connectivity index (χ1) is 14.4. The van der Waals surface area contributed by atoms with Gasteiger partial charge in [-0.25, -0.2) is 9.67 Å². The lowest BCUT2D eigenvalue weighted by Crippen LogP contribution is -2.00. The van der Waals surface area contributed by atoms with Gasteiger partial charge in [0.05, 0.1) is 11.4 Å². The van der Waals surface area contributed by atoms with Gasteiger partial charge in [0.15, 0.2) is 5.69 Å². The maximum atomic E-state index is 6.23. The highest BCUT2D eigenvalue weighted by Crippen LogP contribution is 2.37. The van der Waals surface area contributed by atoms with Gasteiger partial charge in [0.2, 0.25) is 5.71 Å². The van der Waals surface area contributed by atoms with Crippen molar-refractivity contribution in [3.63, 3.8) is 0 Å². The zero-order valence-electron chi connectivity index (χ0n) is 18.9. The molecule has 0 amide bonds. The first-order valence-corrected chi connectivity index (χ1v) is 10.3. The average molecular weight is 405 g/mol. The predicted molar refractivity (Wildman–Crippen MR) is 119 cm³/mol. The van der Waals surface area contributed by atoms with E-state index in [2.05, 4.69) is 52.9 Å². The molecule has 0 spiro atoms. The van der Waals surface area contributed by atoms with Crippen molar-refractivity contribution in [3.8, 4) is 17.1 Å². The van der Waals surface area contributed by atoms with Crippen LogP contribution in [0.3, 0.4) is 0 Å². The van der Waals surface area contributed by atoms with Gasteiger partial charge in [0.25, 0.3) is 0 Å². The van der Waals surface area contributed by atoms with Gasteiger partial charge >= 0.3 is 0 Å². The third-order valence-electron chi connectivity index (χ3n) is 5.45. The van der Waals surface area contributed by atoms with Crippen LogP contribution in [0.15, 0.2) is 28.7 Å². The number of aryl methyl sites for hydroxylation is 6. The molecule has 0 aliphatic rings. The molecule has 0 unspecified atom stereocenters. The summed E-state index contributed by atoms with van der Waals surface area (Å²) in [6, 6.07) is 8.43. The molecule has 0 saturated heterocycles. The van der Waals surface area contributed by atoms with Crippen molar-refractivity contribution < 1.29 is 4.42 Å². The molecular weight excluding hydrogens is 376 g/mol. The van der Waals surface area contributed by atoms with Crippen molar-refractivity contribution in [3.05, 3.63) is 52.9 Å². The Kier molecular flexibility index (Phi) is 4.76. The van der Waals surface area contributed by atoms with Gasteiger partial charge in [0.1, 0.15) is 23.1 Å². The smallest absolute Gasteiger partial charge is 0.249 e. The first-order valence-electron chi connectivity index (χ1n) is 10.3. The lowest BCUT2D eigenvalue weighted by Gasteiger charge is -2.05. The number of benzene rings is 1. The molecule has 4 heterocycles. The quantitative estimate of drug-likeness (QED) is 0.404. The fourth-order valence-corrected chi connectivity index (χ4v) is 4.25.